The zero-order valence-corrected chi connectivity index (χ0v) is 22.1. The Morgan fingerprint density at radius 2 is 1.91 bits per heavy atom. The molecule has 1 aliphatic heterocycles. The molecule has 1 aliphatic rings. The molecule has 0 aliphatic carbocycles. The molecular formula is C28H36N2O3S. The van der Waals surface area contributed by atoms with Crippen molar-refractivity contribution < 1.29 is 14.3 Å². The van der Waals surface area contributed by atoms with Crippen molar-refractivity contribution in [2.45, 2.75) is 89.6 Å². The second-order valence-electron chi connectivity index (χ2n) is 9.86. The average Bonchev–Trinajstić information content (AvgIpc) is 2.75. The van der Waals surface area contributed by atoms with E-state index in [1.165, 1.54) is 5.56 Å². The average molecular weight is 481 g/mol. The Hall–Kier alpha value is -2.52. The molecule has 0 fully saturated rings. The Morgan fingerprint density at radius 3 is 2.59 bits per heavy atom. The fourth-order valence-corrected chi connectivity index (χ4v) is 5.30. The lowest BCUT2D eigenvalue weighted by Gasteiger charge is -2.42. The number of hydrogen-bond donors (Lipinski definition) is 0. The molecule has 0 bridgehead atoms. The van der Waals surface area contributed by atoms with Gasteiger partial charge in [0.1, 0.15) is 17.0 Å². The van der Waals surface area contributed by atoms with Gasteiger partial charge in [-0.2, -0.15) is 0 Å². The molecule has 34 heavy (non-hydrogen) atoms. The minimum atomic E-state index is -0.187. The van der Waals surface area contributed by atoms with Gasteiger partial charge in [0.25, 0.3) is 0 Å². The number of aromatic nitrogens is 2. The van der Waals surface area contributed by atoms with Crippen LogP contribution in [0, 0.1) is 11.8 Å². The quantitative estimate of drug-likeness (QED) is 0.197. The lowest BCUT2D eigenvalue weighted by atomic mass is 9.73. The Bertz CT molecular complexity index is 1070. The summed E-state index contributed by atoms with van der Waals surface area (Å²) in [4.78, 5) is 21.5. The van der Waals surface area contributed by atoms with Gasteiger partial charge in [-0.05, 0) is 75.7 Å². The summed E-state index contributed by atoms with van der Waals surface area (Å²) in [5.41, 5.74) is 3.60. The highest BCUT2D eigenvalue weighted by molar-refractivity contribution is 7.99. The van der Waals surface area contributed by atoms with Gasteiger partial charge in [0.05, 0.1) is 18.5 Å². The van der Waals surface area contributed by atoms with Gasteiger partial charge in [0, 0.05) is 28.6 Å². The fourth-order valence-electron chi connectivity index (χ4n) is 4.53. The first kappa shape index (κ1) is 26.1. The van der Waals surface area contributed by atoms with E-state index in [0.29, 0.717) is 18.7 Å². The van der Waals surface area contributed by atoms with E-state index in [9.17, 15) is 4.79 Å². The fraction of sp³-hybridized carbons (Fsp3) is 0.536. The maximum atomic E-state index is 11.4. The molecule has 0 saturated heterocycles. The van der Waals surface area contributed by atoms with E-state index < -0.39 is 0 Å². The van der Waals surface area contributed by atoms with Crippen molar-refractivity contribution in [3.8, 4) is 17.6 Å². The lowest BCUT2D eigenvalue weighted by Crippen LogP contribution is -2.41. The molecule has 0 atom stereocenters. The number of nitrogens with zero attached hydrogens (tertiary/aromatic N) is 2. The van der Waals surface area contributed by atoms with Gasteiger partial charge in [-0.25, -0.2) is 4.98 Å². The highest BCUT2D eigenvalue weighted by Crippen LogP contribution is 2.46. The number of aryl methyl sites for hydroxylation is 1. The molecule has 0 radical (unpaired) electrons. The first-order valence-corrected chi connectivity index (χ1v) is 13.1. The van der Waals surface area contributed by atoms with Crippen LogP contribution in [0.2, 0.25) is 0 Å². The van der Waals surface area contributed by atoms with Gasteiger partial charge in [0.15, 0.2) is 0 Å². The Labute approximate surface area is 208 Å². The second-order valence-corrected chi connectivity index (χ2v) is 11.2. The monoisotopic (exact) mass is 480 g/mol. The standard InChI is InChI=1S/C28H36N2O3S/c1-7-32-26(31)12-10-9-11-21-17-30-22(18-29-21)14-13-20-15-23-24(16-25(20)34-8-2)33-28(5,6)19-27(23,3)4/h15-18H,7-12,19H2,1-6H3. The van der Waals surface area contributed by atoms with Crippen molar-refractivity contribution in [2.24, 2.45) is 0 Å². The van der Waals surface area contributed by atoms with E-state index in [1.54, 1.807) is 24.2 Å². The first-order valence-electron chi connectivity index (χ1n) is 12.1. The summed E-state index contributed by atoms with van der Waals surface area (Å²) in [6.45, 7) is 13.3. The number of thioether (sulfide) groups is 1. The van der Waals surface area contributed by atoms with E-state index in [-0.39, 0.29) is 17.0 Å². The third-order valence-corrected chi connectivity index (χ3v) is 6.70. The molecule has 2 heterocycles. The highest BCUT2D eigenvalue weighted by Gasteiger charge is 2.39. The molecule has 2 aromatic rings. The topological polar surface area (TPSA) is 61.3 Å². The number of ether oxygens (including phenoxy) is 2. The smallest absolute Gasteiger partial charge is 0.305 e. The number of carbonyl (C=O) groups is 1. The molecule has 1 aromatic heterocycles. The van der Waals surface area contributed by atoms with Gasteiger partial charge < -0.3 is 9.47 Å². The van der Waals surface area contributed by atoms with E-state index >= 15 is 0 Å². The number of benzene rings is 1. The molecule has 3 rings (SSSR count). The Balaban J connectivity index is 1.73. The summed E-state index contributed by atoms with van der Waals surface area (Å²) < 4.78 is 11.3. The van der Waals surface area contributed by atoms with Gasteiger partial charge >= 0.3 is 5.97 Å². The van der Waals surface area contributed by atoms with Crippen molar-refractivity contribution in [3.63, 3.8) is 0 Å². The lowest BCUT2D eigenvalue weighted by molar-refractivity contribution is -0.143. The van der Waals surface area contributed by atoms with Crippen LogP contribution in [0.5, 0.6) is 5.75 Å². The van der Waals surface area contributed by atoms with Crippen molar-refractivity contribution in [1.82, 2.24) is 9.97 Å². The van der Waals surface area contributed by atoms with Crippen LogP contribution in [0.1, 0.15) is 89.7 Å². The van der Waals surface area contributed by atoms with Crippen LogP contribution in [0.15, 0.2) is 29.4 Å². The van der Waals surface area contributed by atoms with Crippen LogP contribution in [0.4, 0.5) is 0 Å². The van der Waals surface area contributed by atoms with Crippen molar-refractivity contribution in [1.29, 1.82) is 0 Å². The predicted octanol–water partition coefficient (Wildman–Crippen LogP) is 6.10. The zero-order valence-electron chi connectivity index (χ0n) is 21.3. The molecule has 0 unspecified atom stereocenters. The van der Waals surface area contributed by atoms with Crippen LogP contribution in [-0.4, -0.2) is 33.9 Å². The van der Waals surface area contributed by atoms with Crippen molar-refractivity contribution >= 4 is 17.7 Å². The molecule has 1 aromatic carbocycles. The minimum Gasteiger partial charge on any atom is -0.487 e. The summed E-state index contributed by atoms with van der Waals surface area (Å²) in [7, 11) is 0. The molecule has 0 amide bonds. The molecule has 0 spiro atoms. The second kappa shape index (κ2) is 11.3. The Kier molecular flexibility index (Phi) is 8.65. The highest BCUT2D eigenvalue weighted by atomic mass is 32.2. The van der Waals surface area contributed by atoms with E-state index in [4.69, 9.17) is 9.47 Å². The van der Waals surface area contributed by atoms with Crippen LogP contribution < -0.4 is 4.74 Å². The summed E-state index contributed by atoms with van der Waals surface area (Å²) in [5, 5.41) is 0. The van der Waals surface area contributed by atoms with E-state index in [1.807, 2.05) is 6.92 Å². The molecule has 0 N–H and O–H groups in total. The maximum Gasteiger partial charge on any atom is 0.305 e. The van der Waals surface area contributed by atoms with Crippen molar-refractivity contribution in [2.75, 3.05) is 12.4 Å². The predicted molar refractivity (Wildman–Crippen MR) is 137 cm³/mol. The van der Waals surface area contributed by atoms with Gasteiger partial charge in [-0.1, -0.05) is 26.7 Å². The summed E-state index contributed by atoms with van der Waals surface area (Å²) in [6.07, 6.45) is 7.36. The molecule has 182 valence electrons. The van der Waals surface area contributed by atoms with Gasteiger partial charge in [-0.15, -0.1) is 11.8 Å². The number of esters is 1. The van der Waals surface area contributed by atoms with Crippen LogP contribution in [-0.2, 0) is 21.4 Å². The first-order chi connectivity index (χ1) is 16.1. The van der Waals surface area contributed by atoms with Crippen LogP contribution in [0.25, 0.3) is 0 Å². The largest absolute Gasteiger partial charge is 0.487 e. The van der Waals surface area contributed by atoms with Crippen molar-refractivity contribution in [3.05, 3.63) is 47.0 Å². The van der Waals surface area contributed by atoms with E-state index in [0.717, 1.165) is 53.3 Å². The van der Waals surface area contributed by atoms with Gasteiger partial charge in [-0.3, -0.25) is 9.78 Å². The molecular weight excluding hydrogens is 444 g/mol. The number of fused-ring (bicyclic) bond motifs is 1. The number of rotatable bonds is 8. The molecule has 5 nitrogen and oxygen atoms in total. The number of unbranched alkanes of at least 4 members (excludes halogenated alkanes) is 1. The third kappa shape index (κ3) is 6.99. The number of hydrogen-bond acceptors (Lipinski definition) is 6. The SMILES string of the molecule is CCOC(=O)CCCCc1cnc(C#Cc2cc3c(cc2SCC)OC(C)(C)CC3(C)C)cn1. The summed E-state index contributed by atoms with van der Waals surface area (Å²) in [5.74, 6) is 8.33. The summed E-state index contributed by atoms with van der Waals surface area (Å²) in [6, 6.07) is 4.35. The Morgan fingerprint density at radius 1 is 1.12 bits per heavy atom. The zero-order chi connectivity index (χ0) is 24.8. The maximum absolute atomic E-state index is 11.4. The molecule has 6 heteroatoms. The minimum absolute atomic E-state index is 0.0116. The van der Waals surface area contributed by atoms with Crippen LogP contribution in [0.3, 0.4) is 0 Å². The van der Waals surface area contributed by atoms with Crippen LogP contribution >= 0.6 is 11.8 Å². The van der Waals surface area contributed by atoms with E-state index in [2.05, 4.69) is 68.6 Å². The summed E-state index contributed by atoms with van der Waals surface area (Å²) >= 11 is 1.78. The third-order valence-electron chi connectivity index (χ3n) is 5.76. The normalized spacial score (nSPS) is 15.5. The molecule has 0 saturated carbocycles. The number of carbonyl (C=O) groups excluding carboxylic acids is 1. The van der Waals surface area contributed by atoms with Gasteiger partial charge in [0.2, 0.25) is 0 Å².